The quantitative estimate of drug-likeness (QED) is 0.544. The van der Waals surface area contributed by atoms with E-state index in [0.29, 0.717) is 18.4 Å². The monoisotopic (exact) mass is 371 g/mol. The number of fused-ring (bicyclic) bond motifs is 3. The van der Waals surface area contributed by atoms with Gasteiger partial charge in [-0.2, -0.15) is 4.52 Å². The zero-order valence-corrected chi connectivity index (χ0v) is 15.7. The molecule has 140 valence electrons. The first-order chi connectivity index (χ1) is 13.8. The third-order valence-corrected chi connectivity index (χ3v) is 5.28. The standard InChI is InChI=1S/C22H21N5O/c1-15-10-11-18-19(13-15)22(28-14-17-9-5-6-12-23-17)26-27-20(24-25-21(18)27)16-7-3-2-4-8-16/h2-9,12,15H,10-11,13-14H2,1H3. The highest BCUT2D eigenvalue weighted by Crippen LogP contribution is 2.34. The average molecular weight is 371 g/mol. The Balaban J connectivity index is 1.62. The molecule has 0 saturated heterocycles. The molecule has 0 bridgehead atoms. The number of aryl methyl sites for hydroxylation is 1. The lowest BCUT2D eigenvalue weighted by molar-refractivity contribution is 0.277. The van der Waals surface area contributed by atoms with Crippen molar-refractivity contribution in [2.75, 3.05) is 0 Å². The summed E-state index contributed by atoms with van der Waals surface area (Å²) in [6.45, 7) is 2.66. The van der Waals surface area contributed by atoms with Crippen LogP contribution in [0.3, 0.4) is 0 Å². The van der Waals surface area contributed by atoms with E-state index in [1.54, 1.807) is 6.20 Å². The fraction of sp³-hybridized carbons (Fsp3) is 0.273. The van der Waals surface area contributed by atoms with Crippen LogP contribution in [0.2, 0.25) is 0 Å². The molecule has 0 radical (unpaired) electrons. The number of hydrogen-bond acceptors (Lipinski definition) is 5. The minimum atomic E-state index is 0.392. The van der Waals surface area contributed by atoms with Gasteiger partial charge in [0, 0.05) is 22.9 Å². The molecule has 1 aliphatic rings. The van der Waals surface area contributed by atoms with E-state index < -0.39 is 0 Å². The first-order valence-electron chi connectivity index (χ1n) is 9.65. The fourth-order valence-electron chi connectivity index (χ4n) is 3.80. The Labute approximate surface area is 163 Å². The maximum Gasteiger partial charge on any atom is 0.235 e. The lowest BCUT2D eigenvalue weighted by Crippen LogP contribution is -2.17. The van der Waals surface area contributed by atoms with Crippen LogP contribution in [0, 0.1) is 5.92 Å². The first-order valence-corrected chi connectivity index (χ1v) is 9.65. The molecule has 6 heteroatoms. The maximum atomic E-state index is 6.16. The van der Waals surface area contributed by atoms with Crippen molar-refractivity contribution in [3.8, 4) is 17.3 Å². The molecular weight excluding hydrogens is 350 g/mol. The van der Waals surface area contributed by atoms with Gasteiger partial charge in [-0.25, -0.2) is 0 Å². The molecule has 4 aromatic rings. The molecule has 3 aromatic heterocycles. The second kappa shape index (κ2) is 7.03. The molecule has 0 amide bonds. The number of pyridine rings is 1. The molecule has 1 atom stereocenters. The predicted molar refractivity (Wildman–Crippen MR) is 106 cm³/mol. The van der Waals surface area contributed by atoms with Crippen LogP contribution in [0.5, 0.6) is 5.88 Å². The molecule has 1 aromatic carbocycles. The number of nitrogens with zero attached hydrogens (tertiary/aromatic N) is 5. The summed E-state index contributed by atoms with van der Waals surface area (Å²) in [4.78, 5) is 4.35. The molecule has 0 spiro atoms. The number of benzene rings is 1. The van der Waals surface area contributed by atoms with Crippen LogP contribution < -0.4 is 4.74 Å². The third kappa shape index (κ3) is 3.01. The SMILES string of the molecule is CC1CCc2c(c(OCc3ccccn3)nn3c(-c4ccccc4)nnc23)C1. The molecule has 0 aliphatic heterocycles. The Kier molecular flexibility index (Phi) is 4.24. The van der Waals surface area contributed by atoms with E-state index in [2.05, 4.69) is 22.1 Å². The van der Waals surface area contributed by atoms with Gasteiger partial charge < -0.3 is 4.74 Å². The van der Waals surface area contributed by atoms with Gasteiger partial charge in [0.2, 0.25) is 5.88 Å². The second-order valence-electron chi connectivity index (χ2n) is 7.35. The average Bonchev–Trinajstić information content (AvgIpc) is 3.17. The van der Waals surface area contributed by atoms with Gasteiger partial charge in [0.25, 0.3) is 0 Å². The van der Waals surface area contributed by atoms with Gasteiger partial charge in [-0.05, 0) is 37.3 Å². The van der Waals surface area contributed by atoms with Crippen LogP contribution in [0.4, 0.5) is 0 Å². The largest absolute Gasteiger partial charge is 0.470 e. The molecule has 5 rings (SSSR count). The Morgan fingerprint density at radius 1 is 1.04 bits per heavy atom. The molecule has 28 heavy (non-hydrogen) atoms. The molecule has 0 saturated carbocycles. The molecular formula is C22H21N5O. The minimum Gasteiger partial charge on any atom is -0.470 e. The van der Waals surface area contributed by atoms with Crippen molar-refractivity contribution in [1.29, 1.82) is 0 Å². The van der Waals surface area contributed by atoms with Crippen molar-refractivity contribution in [1.82, 2.24) is 24.8 Å². The van der Waals surface area contributed by atoms with Crippen molar-refractivity contribution in [2.45, 2.75) is 32.8 Å². The van der Waals surface area contributed by atoms with Crippen molar-refractivity contribution in [3.05, 3.63) is 71.5 Å². The first kappa shape index (κ1) is 16.9. The smallest absolute Gasteiger partial charge is 0.235 e. The Bertz CT molecular complexity index is 1110. The van der Waals surface area contributed by atoms with E-state index >= 15 is 0 Å². The lowest BCUT2D eigenvalue weighted by Gasteiger charge is -2.23. The Morgan fingerprint density at radius 3 is 2.71 bits per heavy atom. The van der Waals surface area contributed by atoms with Crippen molar-refractivity contribution in [2.24, 2.45) is 5.92 Å². The second-order valence-corrected chi connectivity index (χ2v) is 7.35. The molecule has 6 nitrogen and oxygen atoms in total. The van der Waals surface area contributed by atoms with E-state index in [4.69, 9.17) is 9.84 Å². The van der Waals surface area contributed by atoms with Crippen LogP contribution in [0.15, 0.2) is 54.7 Å². The molecule has 1 aliphatic carbocycles. The van der Waals surface area contributed by atoms with Crippen LogP contribution >= 0.6 is 0 Å². The van der Waals surface area contributed by atoms with Gasteiger partial charge >= 0.3 is 0 Å². The van der Waals surface area contributed by atoms with Crippen molar-refractivity contribution >= 4 is 5.65 Å². The summed E-state index contributed by atoms with van der Waals surface area (Å²) in [5.41, 5.74) is 5.08. The summed E-state index contributed by atoms with van der Waals surface area (Å²) in [6.07, 6.45) is 4.83. The van der Waals surface area contributed by atoms with Gasteiger partial charge in [0.1, 0.15) is 6.61 Å². The predicted octanol–water partition coefficient (Wildman–Crippen LogP) is 3.89. The summed E-state index contributed by atoms with van der Waals surface area (Å²) in [7, 11) is 0. The van der Waals surface area contributed by atoms with E-state index in [-0.39, 0.29) is 0 Å². The van der Waals surface area contributed by atoms with Gasteiger partial charge in [0.05, 0.1) is 5.69 Å². The lowest BCUT2D eigenvalue weighted by atomic mass is 9.86. The normalized spacial score (nSPS) is 16.1. The maximum absolute atomic E-state index is 6.16. The van der Waals surface area contributed by atoms with Crippen molar-refractivity contribution in [3.63, 3.8) is 0 Å². The van der Waals surface area contributed by atoms with Gasteiger partial charge in [0.15, 0.2) is 11.5 Å². The molecule has 0 fully saturated rings. The number of ether oxygens (including phenoxy) is 1. The summed E-state index contributed by atoms with van der Waals surface area (Å²) >= 11 is 0. The van der Waals surface area contributed by atoms with Crippen LogP contribution in [0.25, 0.3) is 17.0 Å². The number of rotatable bonds is 4. The zero-order chi connectivity index (χ0) is 18.9. The van der Waals surface area contributed by atoms with Gasteiger partial charge in [-0.15, -0.1) is 15.3 Å². The van der Waals surface area contributed by atoms with Crippen LogP contribution in [-0.4, -0.2) is 24.8 Å². The molecule has 3 heterocycles. The number of aromatic nitrogens is 5. The summed E-state index contributed by atoms with van der Waals surface area (Å²) in [6, 6.07) is 15.9. The zero-order valence-electron chi connectivity index (χ0n) is 15.7. The fourth-order valence-corrected chi connectivity index (χ4v) is 3.80. The minimum absolute atomic E-state index is 0.392. The summed E-state index contributed by atoms with van der Waals surface area (Å²) in [5.74, 6) is 2.00. The van der Waals surface area contributed by atoms with Gasteiger partial charge in [-0.1, -0.05) is 43.3 Å². The van der Waals surface area contributed by atoms with Gasteiger partial charge in [-0.3, -0.25) is 4.98 Å². The van der Waals surface area contributed by atoms with E-state index in [0.717, 1.165) is 47.6 Å². The van der Waals surface area contributed by atoms with E-state index in [1.807, 2.05) is 53.0 Å². The molecule has 1 unspecified atom stereocenters. The topological polar surface area (TPSA) is 65.2 Å². The summed E-state index contributed by atoms with van der Waals surface area (Å²) < 4.78 is 7.99. The number of hydrogen-bond donors (Lipinski definition) is 0. The Hall–Kier alpha value is -3.28. The van der Waals surface area contributed by atoms with Crippen molar-refractivity contribution < 1.29 is 4.74 Å². The van der Waals surface area contributed by atoms with Crippen LogP contribution in [-0.2, 0) is 19.4 Å². The highest BCUT2D eigenvalue weighted by Gasteiger charge is 2.26. The highest BCUT2D eigenvalue weighted by atomic mass is 16.5. The third-order valence-electron chi connectivity index (χ3n) is 5.28. The highest BCUT2D eigenvalue weighted by molar-refractivity contribution is 5.63. The molecule has 0 N–H and O–H groups in total. The van der Waals surface area contributed by atoms with Crippen LogP contribution in [0.1, 0.15) is 30.2 Å². The summed E-state index contributed by atoms with van der Waals surface area (Å²) in [5, 5.41) is 13.7. The van der Waals surface area contributed by atoms with E-state index in [1.165, 1.54) is 5.56 Å². The Morgan fingerprint density at radius 2 is 1.89 bits per heavy atom. The van der Waals surface area contributed by atoms with E-state index in [9.17, 15) is 0 Å².